The Morgan fingerprint density at radius 2 is 2.21 bits per heavy atom. The van der Waals surface area contributed by atoms with Gasteiger partial charge in [0.2, 0.25) is 11.8 Å². The van der Waals surface area contributed by atoms with Gasteiger partial charge in [-0.15, -0.1) is 0 Å². The molecule has 0 aliphatic carbocycles. The molecule has 2 heterocycles. The van der Waals surface area contributed by atoms with Crippen molar-refractivity contribution in [3.63, 3.8) is 0 Å². The lowest BCUT2D eigenvalue weighted by atomic mass is 9.94. The van der Waals surface area contributed by atoms with Crippen molar-refractivity contribution in [2.45, 2.75) is 25.3 Å². The molecule has 2 aliphatic heterocycles. The standard InChI is InChI=1S/C12H19N3O4/c16-10-6-13-9(5-14-10)12(19)15-3-1-2-8(7-15)4-11(17)18/h8-9,13H,1-7H2,(H,14,16)(H,17,18). The monoisotopic (exact) mass is 269 g/mol. The van der Waals surface area contributed by atoms with Crippen molar-refractivity contribution in [1.29, 1.82) is 0 Å². The molecule has 2 saturated heterocycles. The van der Waals surface area contributed by atoms with Crippen LogP contribution in [0.5, 0.6) is 0 Å². The summed E-state index contributed by atoms with van der Waals surface area (Å²) in [5, 5.41) is 14.4. The summed E-state index contributed by atoms with van der Waals surface area (Å²) >= 11 is 0. The SMILES string of the molecule is O=C(O)CC1CCCN(C(=O)C2CNC(=O)CN2)C1. The van der Waals surface area contributed by atoms with Gasteiger partial charge < -0.3 is 15.3 Å². The predicted octanol–water partition coefficient (Wildman–Crippen LogP) is -1.21. The molecule has 19 heavy (non-hydrogen) atoms. The van der Waals surface area contributed by atoms with Crippen molar-refractivity contribution in [3.8, 4) is 0 Å². The highest BCUT2D eigenvalue weighted by atomic mass is 16.4. The molecule has 2 amide bonds. The van der Waals surface area contributed by atoms with Crippen LogP contribution in [0.1, 0.15) is 19.3 Å². The molecule has 7 heteroatoms. The maximum absolute atomic E-state index is 12.3. The molecule has 2 unspecified atom stereocenters. The van der Waals surface area contributed by atoms with Crippen LogP contribution in [0.4, 0.5) is 0 Å². The molecule has 0 aromatic heterocycles. The fourth-order valence-corrected chi connectivity index (χ4v) is 2.64. The van der Waals surface area contributed by atoms with Gasteiger partial charge in [-0.3, -0.25) is 19.7 Å². The predicted molar refractivity (Wildman–Crippen MR) is 66.4 cm³/mol. The van der Waals surface area contributed by atoms with Gasteiger partial charge in [0.05, 0.1) is 6.54 Å². The van der Waals surface area contributed by atoms with Gasteiger partial charge in [0.15, 0.2) is 0 Å². The Labute approximate surface area is 111 Å². The number of carbonyl (C=O) groups excluding carboxylic acids is 2. The van der Waals surface area contributed by atoms with Crippen LogP contribution in [0, 0.1) is 5.92 Å². The Bertz CT molecular complexity index is 375. The van der Waals surface area contributed by atoms with E-state index >= 15 is 0 Å². The number of piperazine rings is 1. The van der Waals surface area contributed by atoms with Crippen LogP contribution in [-0.4, -0.2) is 60.0 Å². The molecule has 0 aromatic rings. The number of aliphatic carboxylic acids is 1. The molecule has 0 bridgehead atoms. The number of amides is 2. The lowest BCUT2D eigenvalue weighted by Crippen LogP contribution is -2.59. The van der Waals surface area contributed by atoms with Gasteiger partial charge in [-0.1, -0.05) is 0 Å². The molecule has 2 fully saturated rings. The summed E-state index contributed by atoms with van der Waals surface area (Å²) in [5.74, 6) is -0.933. The van der Waals surface area contributed by atoms with Gasteiger partial charge in [0, 0.05) is 26.1 Å². The normalized spacial score (nSPS) is 27.8. The van der Waals surface area contributed by atoms with Crippen LogP contribution in [-0.2, 0) is 14.4 Å². The number of likely N-dealkylation sites (tertiary alicyclic amines) is 1. The van der Waals surface area contributed by atoms with E-state index in [1.165, 1.54) is 0 Å². The molecule has 2 rings (SSSR count). The second kappa shape index (κ2) is 6.01. The second-order valence-electron chi connectivity index (χ2n) is 5.13. The van der Waals surface area contributed by atoms with Crippen molar-refractivity contribution < 1.29 is 19.5 Å². The number of hydrogen-bond donors (Lipinski definition) is 3. The number of carboxylic acids is 1. The van der Waals surface area contributed by atoms with Gasteiger partial charge in [0.25, 0.3) is 0 Å². The Morgan fingerprint density at radius 3 is 2.84 bits per heavy atom. The topological polar surface area (TPSA) is 98.7 Å². The van der Waals surface area contributed by atoms with Crippen LogP contribution < -0.4 is 10.6 Å². The summed E-state index contributed by atoms with van der Waals surface area (Å²) in [4.78, 5) is 35.7. The molecule has 2 aliphatic rings. The number of rotatable bonds is 3. The van der Waals surface area contributed by atoms with E-state index in [0.717, 1.165) is 12.8 Å². The molecule has 0 spiro atoms. The molecule has 0 saturated carbocycles. The zero-order valence-corrected chi connectivity index (χ0v) is 10.7. The summed E-state index contributed by atoms with van der Waals surface area (Å²) in [6.07, 6.45) is 1.80. The number of carbonyl (C=O) groups is 3. The molecule has 0 radical (unpaired) electrons. The van der Waals surface area contributed by atoms with E-state index in [1.54, 1.807) is 4.90 Å². The minimum Gasteiger partial charge on any atom is -0.481 e. The molecule has 106 valence electrons. The molecule has 0 aromatic carbocycles. The van der Waals surface area contributed by atoms with E-state index in [0.29, 0.717) is 19.6 Å². The second-order valence-corrected chi connectivity index (χ2v) is 5.13. The van der Waals surface area contributed by atoms with Gasteiger partial charge in [-0.2, -0.15) is 0 Å². The number of piperidine rings is 1. The lowest BCUT2D eigenvalue weighted by molar-refractivity contribution is -0.142. The summed E-state index contributed by atoms with van der Waals surface area (Å²) in [7, 11) is 0. The molecule has 7 nitrogen and oxygen atoms in total. The minimum absolute atomic E-state index is 0.0355. The zero-order chi connectivity index (χ0) is 13.8. The van der Waals surface area contributed by atoms with Gasteiger partial charge in [-0.25, -0.2) is 0 Å². The third-order valence-corrected chi connectivity index (χ3v) is 3.60. The Balaban J connectivity index is 1.88. The third-order valence-electron chi connectivity index (χ3n) is 3.60. The maximum Gasteiger partial charge on any atom is 0.303 e. The minimum atomic E-state index is -0.817. The van der Waals surface area contributed by atoms with Crippen molar-refractivity contribution in [1.82, 2.24) is 15.5 Å². The summed E-state index contributed by atoms with van der Waals surface area (Å²) in [5.41, 5.74) is 0. The first-order chi connectivity index (χ1) is 9.06. The van der Waals surface area contributed by atoms with Crippen LogP contribution in [0.2, 0.25) is 0 Å². The number of carboxylic acid groups (broad SMARTS) is 1. The smallest absolute Gasteiger partial charge is 0.303 e. The maximum atomic E-state index is 12.3. The van der Waals surface area contributed by atoms with E-state index in [4.69, 9.17) is 5.11 Å². The quantitative estimate of drug-likeness (QED) is 0.597. The van der Waals surface area contributed by atoms with Crippen LogP contribution >= 0.6 is 0 Å². The van der Waals surface area contributed by atoms with E-state index in [1.807, 2.05) is 0 Å². The first kappa shape index (κ1) is 13.8. The Morgan fingerprint density at radius 1 is 1.42 bits per heavy atom. The largest absolute Gasteiger partial charge is 0.481 e. The van der Waals surface area contributed by atoms with Crippen molar-refractivity contribution in [2.75, 3.05) is 26.2 Å². The number of nitrogens with zero attached hydrogens (tertiary/aromatic N) is 1. The summed E-state index contributed by atoms with van der Waals surface area (Å²) < 4.78 is 0. The van der Waals surface area contributed by atoms with Crippen molar-refractivity contribution in [3.05, 3.63) is 0 Å². The van der Waals surface area contributed by atoms with Crippen LogP contribution in [0.3, 0.4) is 0 Å². The van der Waals surface area contributed by atoms with E-state index < -0.39 is 5.97 Å². The van der Waals surface area contributed by atoms with E-state index in [-0.39, 0.29) is 36.7 Å². The first-order valence-corrected chi connectivity index (χ1v) is 6.57. The lowest BCUT2D eigenvalue weighted by Gasteiger charge is -2.35. The van der Waals surface area contributed by atoms with E-state index in [9.17, 15) is 14.4 Å². The fraction of sp³-hybridized carbons (Fsp3) is 0.750. The van der Waals surface area contributed by atoms with Gasteiger partial charge >= 0.3 is 5.97 Å². The average molecular weight is 269 g/mol. The number of hydrogen-bond acceptors (Lipinski definition) is 4. The highest BCUT2D eigenvalue weighted by molar-refractivity contribution is 5.86. The van der Waals surface area contributed by atoms with E-state index in [2.05, 4.69) is 10.6 Å². The summed E-state index contributed by atoms with van der Waals surface area (Å²) in [6, 6.07) is -0.388. The van der Waals surface area contributed by atoms with Gasteiger partial charge in [-0.05, 0) is 18.8 Å². The molecular weight excluding hydrogens is 250 g/mol. The van der Waals surface area contributed by atoms with Gasteiger partial charge in [0.1, 0.15) is 6.04 Å². The first-order valence-electron chi connectivity index (χ1n) is 6.57. The Hall–Kier alpha value is -1.63. The number of nitrogens with one attached hydrogen (secondary N) is 2. The summed E-state index contributed by atoms with van der Waals surface area (Å²) in [6.45, 7) is 1.62. The zero-order valence-electron chi connectivity index (χ0n) is 10.7. The molecular formula is C12H19N3O4. The third kappa shape index (κ3) is 3.66. The van der Waals surface area contributed by atoms with Crippen molar-refractivity contribution >= 4 is 17.8 Å². The Kier molecular flexibility index (Phi) is 4.36. The van der Waals surface area contributed by atoms with Crippen LogP contribution in [0.15, 0.2) is 0 Å². The molecule has 3 N–H and O–H groups in total. The highest BCUT2D eigenvalue weighted by Gasteiger charge is 2.31. The highest BCUT2D eigenvalue weighted by Crippen LogP contribution is 2.20. The van der Waals surface area contributed by atoms with Crippen LogP contribution in [0.25, 0.3) is 0 Å². The average Bonchev–Trinajstić information content (AvgIpc) is 2.38. The molecule has 2 atom stereocenters. The van der Waals surface area contributed by atoms with Crippen molar-refractivity contribution in [2.24, 2.45) is 5.92 Å². The fourth-order valence-electron chi connectivity index (χ4n) is 2.64.